The van der Waals surface area contributed by atoms with E-state index in [0.29, 0.717) is 0 Å². The van der Waals surface area contributed by atoms with Gasteiger partial charge in [-0.1, -0.05) is 148 Å². The molecule has 7 rings (SSSR count). The Labute approximate surface area is 349 Å². The lowest BCUT2D eigenvalue weighted by atomic mass is 9.85. The van der Waals surface area contributed by atoms with Crippen LogP contribution in [0.4, 0.5) is 5.69 Å². The van der Waals surface area contributed by atoms with E-state index in [2.05, 4.69) is 189 Å². The van der Waals surface area contributed by atoms with Crippen LogP contribution in [-0.2, 0) is 6.42 Å². The minimum absolute atomic E-state index is 0.244. The molecule has 1 unspecified atom stereocenters. The zero-order chi connectivity index (χ0) is 40.6. The van der Waals surface area contributed by atoms with Gasteiger partial charge >= 0.3 is 0 Å². The van der Waals surface area contributed by atoms with Crippen molar-refractivity contribution in [3.05, 3.63) is 241 Å². The second-order valence-electron chi connectivity index (χ2n) is 14.5. The number of benzene rings is 4. The molecule has 0 bridgehead atoms. The van der Waals surface area contributed by atoms with E-state index < -0.39 is 0 Å². The molecule has 1 aliphatic rings. The Morgan fingerprint density at radius 1 is 0.759 bits per heavy atom. The van der Waals surface area contributed by atoms with Crippen molar-refractivity contribution in [2.75, 3.05) is 4.90 Å². The maximum absolute atomic E-state index is 4.50. The summed E-state index contributed by atoms with van der Waals surface area (Å²) in [6.45, 7) is 23.4. The number of fused-ring (bicyclic) bond motifs is 1. The van der Waals surface area contributed by atoms with Gasteiger partial charge in [0, 0.05) is 50.3 Å². The van der Waals surface area contributed by atoms with E-state index in [1.165, 1.54) is 54.4 Å². The second-order valence-corrected chi connectivity index (χ2v) is 15.6. The molecule has 2 nitrogen and oxygen atoms in total. The zero-order valence-electron chi connectivity index (χ0n) is 33.7. The molecule has 2 heterocycles. The molecule has 4 aromatic carbocycles. The number of allylic oxidation sites excluding steroid dienone is 10. The lowest BCUT2D eigenvalue weighted by molar-refractivity contribution is 0.821. The molecule has 58 heavy (non-hydrogen) atoms. The Balaban J connectivity index is 1.13. The smallest absolute Gasteiger partial charge is 0.0494 e. The van der Waals surface area contributed by atoms with E-state index in [4.69, 9.17) is 0 Å². The van der Waals surface area contributed by atoms with Gasteiger partial charge in [-0.2, -0.15) is 0 Å². The molecular formula is C55H50N2S. The van der Waals surface area contributed by atoms with E-state index >= 15 is 0 Å². The first-order valence-corrected chi connectivity index (χ1v) is 20.6. The average Bonchev–Trinajstić information content (AvgIpc) is 3.87. The first-order valence-electron chi connectivity index (χ1n) is 19.7. The molecule has 3 heteroatoms. The van der Waals surface area contributed by atoms with Crippen LogP contribution in [0.2, 0.25) is 0 Å². The van der Waals surface area contributed by atoms with Crippen LogP contribution >= 0.6 is 11.3 Å². The number of aromatic nitrogens is 1. The molecular weight excluding hydrogens is 721 g/mol. The number of nitrogens with zero attached hydrogens (tertiary/aromatic N) is 2. The van der Waals surface area contributed by atoms with Gasteiger partial charge in [0.05, 0.1) is 0 Å². The van der Waals surface area contributed by atoms with Crippen LogP contribution in [0.5, 0.6) is 0 Å². The van der Waals surface area contributed by atoms with E-state index in [1.54, 1.807) is 0 Å². The molecule has 6 aromatic rings. The first-order chi connectivity index (χ1) is 28.3. The van der Waals surface area contributed by atoms with Gasteiger partial charge in [0.1, 0.15) is 0 Å². The topological polar surface area (TPSA) is 8.17 Å². The summed E-state index contributed by atoms with van der Waals surface area (Å²) >= 11 is 1.84. The number of anilines is 1. The van der Waals surface area contributed by atoms with Crippen LogP contribution < -0.4 is 4.90 Å². The van der Waals surface area contributed by atoms with Gasteiger partial charge in [0.2, 0.25) is 0 Å². The van der Waals surface area contributed by atoms with Gasteiger partial charge in [-0.15, -0.1) is 11.3 Å². The lowest BCUT2D eigenvalue weighted by Gasteiger charge is -2.21. The summed E-state index contributed by atoms with van der Waals surface area (Å²) in [5.41, 5.74) is 15.9. The van der Waals surface area contributed by atoms with Gasteiger partial charge < -0.3 is 9.47 Å². The van der Waals surface area contributed by atoms with Gasteiger partial charge in [-0.3, -0.25) is 0 Å². The number of thiophene rings is 1. The van der Waals surface area contributed by atoms with Gasteiger partial charge in [-0.25, -0.2) is 0 Å². The van der Waals surface area contributed by atoms with Crippen molar-refractivity contribution in [3.8, 4) is 32.0 Å². The Kier molecular flexibility index (Phi) is 12.3. The summed E-state index contributed by atoms with van der Waals surface area (Å²) in [5, 5.41) is 0. The molecule has 1 atom stereocenters. The highest BCUT2D eigenvalue weighted by Crippen LogP contribution is 2.40. The highest BCUT2D eigenvalue weighted by molar-refractivity contribution is 7.18. The third-order valence-electron chi connectivity index (χ3n) is 10.8. The van der Waals surface area contributed by atoms with Crippen LogP contribution in [0, 0.1) is 6.92 Å². The van der Waals surface area contributed by atoms with Gasteiger partial charge in [0.15, 0.2) is 0 Å². The summed E-state index contributed by atoms with van der Waals surface area (Å²) in [5.74, 6) is 0.244. The number of hydrogen-bond donors (Lipinski definition) is 0. The monoisotopic (exact) mass is 770 g/mol. The quantitative estimate of drug-likeness (QED) is 0.100. The van der Waals surface area contributed by atoms with Crippen LogP contribution in [0.3, 0.4) is 0 Å². The van der Waals surface area contributed by atoms with E-state index in [9.17, 15) is 0 Å². The standard InChI is InChI=1S/C55H50N2S/c1-8-17-49(10-3)57-42(7)51(37-40(5)39(4)22-23-41(6)56(36-9-2)50-31-28-44(29-32-50)43-18-13-11-14-19-43)52-38-48(30-33-53(52)57)45-24-26-47(27-25-45)55-35-34-54(58-55)46-20-15-12-16-21-46/h8-37,48H,1,3-4,6,38H2,2,5,7H3. The summed E-state index contributed by atoms with van der Waals surface area (Å²) < 4.78 is 2.30. The predicted molar refractivity (Wildman–Crippen MR) is 255 cm³/mol. The Morgan fingerprint density at radius 2 is 1.36 bits per heavy atom. The van der Waals surface area contributed by atoms with Crippen molar-refractivity contribution in [1.82, 2.24) is 4.57 Å². The van der Waals surface area contributed by atoms with Crippen molar-refractivity contribution in [1.29, 1.82) is 0 Å². The normalized spacial score (nSPS) is 14.2. The molecule has 1 aliphatic carbocycles. The fourth-order valence-corrected chi connectivity index (χ4v) is 8.61. The Hall–Kier alpha value is -6.68. The molecule has 286 valence electrons. The third kappa shape index (κ3) is 8.51. The van der Waals surface area contributed by atoms with E-state index in [0.717, 1.165) is 40.3 Å². The molecule has 0 amide bonds. The minimum Gasteiger partial charge on any atom is -0.318 e. The largest absolute Gasteiger partial charge is 0.318 e. The Morgan fingerprint density at radius 3 is 1.98 bits per heavy atom. The number of rotatable bonds is 14. The first kappa shape index (κ1) is 39.6. The van der Waals surface area contributed by atoms with Gasteiger partial charge in [-0.05, 0) is 132 Å². The fourth-order valence-electron chi connectivity index (χ4n) is 7.59. The summed E-state index contributed by atoms with van der Waals surface area (Å²) in [4.78, 5) is 4.66. The summed E-state index contributed by atoms with van der Waals surface area (Å²) in [6, 6.07) is 43.2. The van der Waals surface area contributed by atoms with Crippen LogP contribution in [0.15, 0.2) is 213 Å². The van der Waals surface area contributed by atoms with Crippen molar-refractivity contribution in [2.45, 2.75) is 33.1 Å². The predicted octanol–water partition coefficient (Wildman–Crippen LogP) is 15.5. The molecule has 0 radical (unpaired) electrons. The minimum atomic E-state index is 0.244. The van der Waals surface area contributed by atoms with Gasteiger partial charge in [0.25, 0.3) is 0 Å². The highest BCUT2D eigenvalue weighted by atomic mass is 32.1. The molecule has 0 spiro atoms. The molecule has 0 saturated heterocycles. The highest BCUT2D eigenvalue weighted by Gasteiger charge is 2.25. The van der Waals surface area contributed by atoms with Crippen LogP contribution in [-0.4, -0.2) is 4.57 Å². The maximum Gasteiger partial charge on any atom is 0.0494 e. The van der Waals surface area contributed by atoms with Crippen LogP contribution in [0.25, 0.3) is 49.9 Å². The van der Waals surface area contributed by atoms with Crippen molar-refractivity contribution < 1.29 is 0 Å². The third-order valence-corrected chi connectivity index (χ3v) is 11.9. The lowest BCUT2D eigenvalue weighted by Crippen LogP contribution is -2.12. The molecule has 0 fully saturated rings. The maximum atomic E-state index is 4.50. The van der Waals surface area contributed by atoms with E-state index in [1.807, 2.05) is 60.9 Å². The summed E-state index contributed by atoms with van der Waals surface area (Å²) in [6.07, 6.45) is 21.7. The number of hydrogen-bond acceptors (Lipinski definition) is 2. The molecule has 2 aromatic heterocycles. The molecule has 0 saturated carbocycles. The zero-order valence-corrected chi connectivity index (χ0v) is 34.6. The Bertz CT molecular complexity index is 2600. The average molecular weight is 771 g/mol. The SMILES string of the molecule is C=CC=C(C=C)n1c(C)c(C=C(C)C(=C)C=CC(=C)N(C=CC)c2ccc(-c3ccccc3)cc2)c2c1C=CC(c1ccc(-c3ccc(-c4ccccc4)s3)cc1)C2. The molecule has 0 N–H and O–H groups in total. The van der Waals surface area contributed by atoms with Crippen molar-refractivity contribution in [3.63, 3.8) is 0 Å². The van der Waals surface area contributed by atoms with Crippen LogP contribution in [0.1, 0.15) is 47.8 Å². The summed E-state index contributed by atoms with van der Waals surface area (Å²) in [7, 11) is 0. The molecule has 0 aliphatic heterocycles. The van der Waals surface area contributed by atoms with Crippen molar-refractivity contribution >= 4 is 34.9 Å². The second kappa shape index (κ2) is 18.1. The fraction of sp³-hybridized carbons (Fsp3) is 0.0909. The van der Waals surface area contributed by atoms with Crippen molar-refractivity contribution in [2.24, 2.45) is 0 Å². The van der Waals surface area contributed by atoms with E-state index in [-0.39, 0.29) is 5.92 Å².